The standard InChI is InChI=1S/C15H19N3O3/c1-3-11(6-7-19)17-14-4-5-15(18(20)21)13-9-16-10(2)8-12(13)14/h4-5,8-9,11,17,19H,3,6-7H2,1-2H3. The number of pyridine rings is 1. The number of hydrogen-bond acceptors (Lipinski definition) is 5. The first-order chi connectivity index (χ1) is 10.1. The van der Waals surface area contributed by atoms with E-state index in [4.69, 9.17) is 5.11 Å². The summed E-state index contributed by atoms with van der Waals surface area (Å²) in [4.78, 5) is 14.9. The van der Waals surface area contributed by atoms with E-state index in [1.807, 2.05) is 19.9 Å². The van der Waals surface area contributed by atoms with E-state index in [1.54, 1.807) is 12.3 Å². The maximum absolute atomic E-state index is 11.1. The number of aliphatic hydroxyl groups excluding tert-OH is 1. The van der Waals surface area contributed by atoms with Gasteiger partial charge in [-0.15, -0.1) is 0 Å². The minimum Gasteiger partial charge on any atom is -0.396 e. The minimum absolute atomic E-state index is 0.0539. The Bertz CT molecular complexity index is 658. The fourth-order valence-corrected chi connectivity index (χ4v) is 2.37. The van der Waals surface area contributed by atoms with Gasteiger partial charge < -0.3 is 10.4 Å². The fraction of sp³-hybridized carbons (Fsp3) is 0.400. The lowest BCUT2D eigenvalue weighted by Gasteiger charge is -2.18. The number of benzene rings is 1. The zero-order chi connectivity index (χ0) is 15.4. The zero-order valence-corrected chi connectivity index (χ0v) is 12.2. The van der Waals surface area contributed by atoms with E-state index >= 15 is 0 Å². The van der Waals surface area contributed by atoms with Crippen LogP contribution in [0.15, 0.2) is 24.4 Å². The van der Waals surface area contributed by atoms with Crippen molar-refractivity contribution in [1.29, 1.82) is 0 Å². The molecule has 2 N–H and O–H groups in total. The monoisotopic (exact) mass is 289 g/mol. The highest BCUT2D eigenvalue weighted by molar-refractivity contribution is 5.99. The summed E-state index contributed by atoms with van der Waals surface area (Å²) in [5.74, 6) is 0. The van der Waals surface area contributed by atoms with E-state index in [9.17, 15) is 10.1 Å². The molecule has 2 aromatic rings. The number of nitro benzene ring substituents is 1. The number of nitro groups is 1. The van der Waals surface area contributed by atoms with E-state index in [0.717, 1.165) is 23.2 Å². The van der Waals surface area contributed by atoms with Crippen molar-refractivity contribution in [2.75, 3.05) is 11.9 Å². The van der Waals surface area contributed by atoms with Crippen LogP contribution >= 0.6 is 0 Å². The number of aromatic nitrogens is 1. The molecule has 0 fully saturated rings. The van der Waals surface area contributed by atoms with E-state index in [2.05, 4.69) is 10.3 Å². The highest BCUT2D eigenvalue weighted by Crippen LogP contribution is 2.32. The van der Waals surface area contributed by atoms with Gasteiger partial charge in [-0.1, -0.05) is 6.92 Å². The average molecular weight is 289 g/mol. The van der Waals surface area contributed by atoms with E-state index < -0.39 is 4.92 Å². The Morgan fingerprint density at radius 3 is 2.81 bits per heavy atom. The second-order valence-electron chi connectivity index (χ2n) is 5.02. The van der Waals surface area contributed by atoms with Gasteiger partial charge in [-0.25, -0.2) is 0 Å². The van der Waals surface area contributed by atoms with Gasteiger partial charge in [0.05, 0.1) is 10.3 Å². The number of non-ortho nitro benzene ring substituents is 1. The molecule has 1 aromatic heterocycles. The third kappa shape index (κ3) is 3.28. The predicted molar refractivity (Wildman–Crippen MR) is 82.5 cm³/mol. The maximum atomic E-state index is 11.1. The largest absolute Gasteiger partial charge is 0.396 e. The van der Waals surface area contributed by atoms with Crippen LogP contribution in [0.5, 0.6) is 0 Å². The molecule has 0 aliphatic carbocycles. The van der Waals surface area contributed by atoms with Crippen molar-refractivity contribution in [1.82, 2.24) is 4.98 Å². The molecule has 0 aliphatic heterocycles. The molecule has 0 radical (unpaired) electrons. The molecule has 1 aromatic carbocycles. The smallest absolute Gasteiger partial charge is 0.278 e. The van der Waals surface area contributed by atoms with Gasteiger partial charge in [0, 0.05) is 41.7 Å². The summed E-state index contributed by atoms with van der Waals surface area (Å²) in [5.41, 5.74) is 1.70. The van der Waals surface area contributed by atoms with Gasteiger partial charge in [0.25, 0.3) is 5.69 Å². The molecule has 0 saturated carbocycles. The lowest BCUT2D eigenvalue weighted by molar-refractivity contribution is -0.383. The highest BCUT2D eigenvalue weighted by atomic mass is 16.6. The molecular formula is C15H19N3O3. The molecule has 21 heavy (non-hydrogen) atoms. The zero-order valence-electron chi connectivity index (χ0n) is 12.2. The summed E-state index contributed by atoms with van der Waals surface area (Å²) in [6.45, 7) is 4.00. The SMILES string of the molecule is CCC(CCO)Nc1ccc([N+](=O)[O-])c2cnc(C)cc12. The summed E-state index contributed by atoms with van der Waals surface area (Å²) < 4.78 is 0. The Morgan fingerprint density at radius 1 is 1.43 bits per heavy atom. The Kier molecular flexibility index (Phi) is 4.70. The Hall–Kier alpha value is -2.21. The molecule has 112 valence electrons. The molecule has 2 rings (SSSR count). The third-order valence-electron chi connectivity index (χ3n) is 3.54. The maximum Gasteiger partial charge on any atom is 0.278 e. The number of aliphatic hydroxyl groups is 1. The second-order valence-corrected chi connectivity index (χ2v) is 5.02. The van der Waals surface area contributed by atoms with Gasteiger partial charge in [-0.3, -0.25) is 15.1 Å². The van der Waals surface area contributed by atoms with Crippen LogP contribution in [0.25, 0.3) is 10.8 Å². The molecule has 0 bridgehead atoms. The van der Waals surface area contributed by atoms with Crippen LogP contribution in [-0.2, 0) is 0 Å². The Labute approximate surface area is 123 Å². The van der Waals surface area contributed by atoms with E-state index in [-0.39, 0.29) is 18.3 Å². The van der Waals surface area contributed by atoms with Crippen LogP contribution < -0.4 is 5.32 Å². The molecule has 1 heterocycles. The number of hydrogen-bond donors (Lipinski definition) is 2. The minimum atomic E-state index is -0.395. The summed E-state index contributed by atoms with van der Waals surface area (Å²) in [6, 6.07) is 5.19. The molecule has 0 amide bonds. The molecule has 1 unspecified atom stereocenters. The number of nitrogens with zero attached hydrogens (tertiary/aromatic N) is 2. The number of fused-ring (bicyclic) bond motifs is 1. The van der Waals surface area contributed by atoms with Gasteiger partial charge in [0.1, 0.15) is 0 Å². The van der Waals surface area contributed by atoms with Gasteiger partial charge in [-0.05, 0) is 31.9 Å². The Morgan fingerprint density at radius 2 is 2.19 bits per heavy atom. The lowest BCUT2D eigenvalue weighted by atomic mass is 10.1. The van der Waals surface area contributed by atoms with E-state index in [1.165, 1.54) is 6.07 Å². The summed E-state index contributed by atoms with van der Waals surface area (Å²) >= 11 is 0. The molecule has 6 nitrogen and oxygen atoms in total. The normalized spacial score (nSPS) is 12.3. The molecule has 0 spiro atoms. The summed E-state index contributed by atoms with van der Waals surface area (Å²) in [5, 5.41) is 24.9. The van der Waals surface area contributed by atoms with Crippen LogP contribution in [0.2, 0.25) is 0 Å². The first kappa shape index (κ1) is 15.2. The molecule has 1 atom stereocenters. The van der Waals surface area contributed by atoms with Crippen molar-refractivity contribution in [3.8, 4) is 0 Å². The predicted octanol–water partition coefficient (Wildman–Crippen LogP) is 3.02. The van der Waals surface area contributed by atoms with Crippen molar-refractivity contribution in [2.45, 2.75) is 32.7 Å². The number of aryl methyl sites for hydroxylation is 1. The topological polar surface area (TPSA) is 88.3 Å². The number of nitrogens with one attached hydrogen (secondary N) is 1. The third-order valence-corrected chi connectivity index (χ3v) is 3.54. The fourth-order valence-electron chi connectivity index (χ4n) is 2.37. The number of anilines is 1. The van der Waals surface area contributed by atoms with Crippen LogP contribution in [0.3, 0.4) is 0 Å². The average Bonchev–Trinajstić information content (AvgIpc) is 2.46. The molecular weight excluding hydrogens is 270 g/mol. The lowest BCUT2D eigenvalue weighted by Crippen LogP contribution is -2.20. The Balaban J connectivity index is 2.51. The van der Waals surface area contributed by atoms with Crippen LogP contribution in [0, 0.1) is 17.0 Å². The number of rotatable bonds is 6. The van der Waals surface area contributed by atoms with E-state index in [0.29, 0.717) is 11.8 Å². The molecule has 0 aliphatic rings. The van der Waals surface area contributed by atoms with Crippen molar-refractivity contribution < 1.29 is 10.0 Å². The summed E-state index contributed by atoms with van der Waals surface area (Å²) in [7, 11) is 0. The molecule has 0 saturated heterocycles. The first-order valence-electron chi connectivity index (χ1n) is 6.98. The van der Waals surface area contributed by atoms with Crippen LogP contribution in [-0.4, -0.2) is 27.7 Å². The van der Waals surface area contributed by atoms with Crippen molar-refractivity contribution >= 4 is 22.1 Å². The first-order valence-corrected chi connectivity index (χ1v) is 6.98. The molecule has 6 heteroatoms. The quantitative estimate of drug-likeness (QED) is 0.630. The van der Waals surface area contributed by atoms with Crippen LogP contribution in [0.4, 0.5) is 11.4 Å². The second kappa shape index (κ2) is 6.49. The highest BCUT2D eigenvalue weighted by Gasteiger charge is 2.16. The van der Waals surface area contributed by atoms with Crippen LogP contribution in [0.1, 0.15) is 25.5 Å². The van der Waals surface area contributed by atoms with Gasteiger partial charge in [0.15, 0.2) is 0 Å². The van der Waals surface area contributed by atoms with Crippen molar-refractivity contribution in [2.24, 2.45) is 0 Å². The van der Waals surface area contributed by atoms with Gasteiger partial charge in [-0.2, -0.15) is 0 Å². The van der Waals surface area contributed by atoms with Crippen molar-refractivity contribution in [3.63, 3.8) is 0 Å². The summed E-state index contributed by atoms with van der Waals surface area (Å²) in [6.07, 6.45) is 3.04. The van der Waals surface area contributed by atoms with Crippen molar-refractivity contribution in [3.05, 3.63) is 40.2 Å². The van der Waals surface area contributed by atoms with Gasteiger partial charge in [0.2, 0.25) is 0 Å². The van der Waals surface area contributed by atoms with Gasteiger partial charge >= 0.3 is 0 Å².